The highest BCUT2D eigenvalue weighted by Crippen LogP contribution is 2.30. The standard InChI is InChI=1S/C17H19NO3/c1-5-21-15(19)9-7-13-6-8-14(20-4)17-16(13)11(2)10-12(3)18-17/h6-10H,5H2,1-4H3/b9-7+. The average Bonchev–Trinajstić information content (AvgIpc) is 2.44. The fourth-order valence-corrected chi connectivity index (χ4v) is 2.36. The van der Waals surface area contributed by atoms with Crippen molar-refractivity contribution in [1.82, 2.24) is 4.98 Å². The molecule has 1 heterocycles. The number of hydrogen-bond donors (Lipinski definition) is 0. The quantitative estimate of drug-likeness (QED) is 0.638. The van der Waals surface area contributed by atoms with Crippen LogP contribution in [0.25, 0.3) is 17.0 Å². The zero-order valence-electron chi connectivity index (χ0n) is 12.8. The highest BCUT2D eigenvalue weighted by atomic mass is 16.5. The van der Waals surface area contributed by atoms with Gasteiger partial charge < -0.3 is 9.47 Å². The topological polar surface area (TPSA) is 48.4 Å². The smallest absolute Gasteiger partial charge is 0.330 e. The third-order valence-corrected chi connectivity index (χ3v) is 3.19. The van der Waals surface area contributed by atoms with Crippen LogP contribution in [-0.2, 0) is 9.53 Å². The lowest BCUT2D eigenvalue weighted by atomic mass is 10.0. The third kappa shape index (κ3) is 3.21. The van der Waals surface area contributed by atoms with Crippen LogP contribution in [0.5, 0.6) is 5.75 Å². The molecule has 0 N–H and O–H groups in total. The first kappa shape index (κ1) is 15.0. The second-order valence-corrected chi connectivity index (χ2v) is 4.75. The number of pyridine rings is 1. The first-order chi connectivity index (χ1) is 10.1. The van der Waals surface area contributed by atoms with Crippen LogP contribution in [-0.4, -0.2) is 24.7 Å². The molecule has 0 bridgehead atoms. The Labute approximate surface area is 124 Å². The molecule has 2 aromatic rings. The minimum Gasteiger partial charge on any atom is -0.494 e. The van der Waals surface area contributed by atoms with E-state index in [1.807, 2.05) is 32.0 Å². The van der Waals surface area contributed by atoms with Crippen molar-refractivity contribution < 1.29 is 14.3 Å². The Hall–Kier alpha value is -2.36. The van der Waals surface area contributed by atoms with Crippen LogP contribution >= 0.6 is 0 Å². The van der Waals surface area contributed by atoms with Crippen LogP contribution in [0.1, 0.15) is 23.7 Å². The number of nitrogens with zero attached hydrogens (tertiary/aromatic N) is 1. The van der Waals surface area contributed by atoms with Gasteiger partial charge in [-0.2, -0.15) is 0 Å². The average molecular weight is 285 g/mol. The van der Waals surface area contributed by atoms with E-state index in [2.05, 4.69) is 4.98 Å². The summed E-state index contributed by atoms with van der Waals surface area (Å²) in [6.45, 7) is 6.13. The highest BCUT2D eigenvalue weighted by Gasteiger charge is 2.10. The molecule has 0 fully saturated rings. The van der Waals surface area contributed by atoms with E-state index in [0.717, 1.165) is 33.5 Å². The van der Waals surface area contributed by atoms with E-state index in [-0.39, 0.29) is 5.97 Å². The summed E-state index contributed by atoms with van der Waals surface area (Å²) in [6.07, 6.45) is 3.19. The number of carbonyl (C=O) groups is 1. The van der Waals surface area contributed by atoms with Gasteiger partial charge in [-0.15, -0.1) is 0 Å². The lowest BCUT2D eigenvalue weighted by molar-refractivity contribution is -0.137. The number of esters is 1. The number of methoxy groups -OCH3 is 1. The van der Waals surface area contributed by atoms with Crippen LogP contribution in [0.15, 0.2) is 24.3 Å². The van der Waals surface area contributed by atoms with E-state index in [1.54, 1.807) is 20.1 Å². The van der Waals surface area contributed by atoms with Gasteiger partial charge in [0, 0.05) is 17.2 Å². The molecule has 2 rings (SSSR count). The molecule has 0 saturated heterocycles. The summed E-state index contributed by atoms with van der Waals surface area (Å²) in [5.41, 5.74) is 3.76. The van der Waals surface area contributed by atoms with Gasteiger partial charge >= 0.3 is 5.97 Å². The van der Waals surface area contributed by atoms with E-state index >= 15 is 0 Å². The Kier molecular flexibility index (Phi) is 4.58. The highest BCUT2D eigenvalue weighted by molar-refractivity contribution is 5.97. The van der Waals surface area contributed by atoms with E-state index in [9.17, 15) is 4.79 Å². The molecule has 110 valence electrons. The number of hydrogen-bond acceptors (Lipinski definition) is 4. The minimum absolute atomic E-state index is 0.348. The molecule has 0 spiro atoms. The fraction of sp³-hybridized carbons (Fsp3) is 0.294. The SMILES string of the molecule is CCOC(=O)/C=C/c1ccc(OC)c2nc(C)cc(C)c12. The Morgan fingerprint density at radius 1 is 1.33 bits per heavy atom. The maximum atomic E-state index is 11.5. The molecule has 1 aromatic carbocycles. The zero-order chi connectivity index (χ0) is 15.4. The fourth-order valence-electron chi connectivity index (χ4n) is 2.36. The number of benzene rings is 1. The van der Waals surface area contributed by atoms with Gasteiger partial charge in [-0.3, -0.25) is 0 Å². The Balaban J connectivity index is 2.58. The van der Waals surface area contributed by atoms with Crippen molar-refractivity contribution in [3.63, 3.8) is 0 Å². The summed E-state index contributed by atoms with van der Waals surface area (Å²) in [4.78, 5) is 16.0. The molecule has 0 radical (unpaired) electrons. The second-order valence-electron chi connectivity index (χ2n) is 4.75. The number of rotatable bonds is 4. The van der Waals surface area contributed by atoms with Crippen LogP contribution < -0.4 is 4.74 Å². The molecular formula is C17H19NO3. The summed E-state index contributed by atoms with van der Waals surface area (Å²) in [5.74, 6) is 0.379. The molecule has 4 heteroatoms. The molecule has 0 atom stereocenters. The number of aryl methyl sites for hydroxylation is 2. The van der Waals surface area contributed by atoms with Gasteiger partial charge in [0.1, 0.15) is 11.3 Å². The van der Waals surface area contributed by atoms with Crippen LogP contribution in [0.2, 0.25) is 0 Å². The van der Waals surface area contributed by atoms with Gasteiger partial charge in [-0.1, -0.05) is 6.07 Å². The van der Waals surface area contributed by atoms with Crippen molar-refractivity contribution in [1.29, 1.82) is 0 Å². The van der Waals surface area contributed by atoms with Gasteiger partial charge in [0.15, 0.2) is 0 Å². The van der Waals surface area contributed by atoms with Crippen molar-refractivity contribution in [3.05, 3.63) is 41.1 Å². The summed E-state index contributed by atoms with van der Waals surface area (Å²) >= 11 is 0. The molecule has 0 saturated carbocycles. The second kappa shape index (κ2) is 6.39. The molecule has 4 nitrogen and oxygen atoms in total. The molecule has 0 amide bonds. The first-order valence-electron chi connectivity index (χ1n) is 6.86. The summed E-state index contributed by atoms with van der Waals surface area (Å²) in [7, 11) is 1.63. The van der Waals surface area contributed by atoms with Crippen molar-refractivity contribution in [2.24, 2.45) is 0 Å². The summed E-state index contributed by atoms with van der Waals surface area (Å²) < 4.78 is 10.3. The lowest BCUT2D eigenvalue weighted by Gasteiger charge is -2.11. The normalized spacial score (nSPS) is 11.0. The summed E-state index contributed by atoms with van der Waals surface area (Å²) in [6, 6.07) is 5.80. The first-order valence-corrected chi connectivity index (χ1v) is 6.86. The lowest BCUT2D eigenvalue weighted by Crippen LogP contribution is -1.99. The number of aromatic nitrogens is 1. The van der Waals surface area contributed by atoms with Crippen molar-refractivity contribution in [2.75, 3.05) is 13.7 Å². The Bertz CT molecular complexity index is 705. The number of carbonyl (C=O) groups excluding carboxylic acids is 1. The maximum absolute atomic E-state index is 11.5. The van der Waals surface area contributed by atoms with Gasteiger partial charge in [-0.25, -0.2) is 9.78 Å². The molecule has 1 aromatic heterocycles. The van der Waals surface area contributed by atoms with E-state index in [0.29, 0.717) is 6.61 Å². The minimum atomic E-state index is -0.348. The van der Waals surface area contributed by atoms with Gasteiger partial charge in [0.05, 0.1) is 13.7 Å². The maximum Gasteiger partial charge on any atom is 0.330 e. The predicted molar refractivity (Wildman–Crippen MR) is 83.4 cm³/mol. The van der Waals surface area contributed by atoms with Crippen molar-refractivity contribution >= 4 is 22.9 Å². The molecule has 21 heavy (non-hydrogen) atoms. The van der Waals surface area contributed by atoms with Crippen LogP contribution in [0, 0.1) is 13.8 Å². The third-order valence-electron chi connectivity index (χ3n) is 3.19. The largest absolute Gasteiger partial charge is 0.494 e. The van der Waals surface area contributed by atoms with Crippen molar-refractivity contribution in [2.45, 2.75) is 20.8 Å². The number of fused-ring (bicyclic) bond motifs is 1. The summed E-state index contributed by atoms with van der Waals surface area (Å²) in [5, 5.41) is 0.987. The van der Waals surface area contributed by atoms with Crippen LogP contribution in [0.3, 0.4) is 0 Å². The van der Waals surface area contributed by atoms with E-state index < -0.39 is 0 Å². The van der Waals surface area contributed by atoms with Gasteiger partial charge in [0.2, 0.25) is 0 Å². The monoisotopic (exact) mass is 285 g/mol. The molecular weight excluding hydrogens is 266 g/mol. The molecule has 0 aliphatic carbocycles. The van der Waals surface area contributed by atoms with E-state index in [4.69, 9.17) is 9.47 Å². The van der Waals surface area contributed by atoms with Crippen molar-refractivity contribution in [3.8, 4) is 5.75 Å². The Morgan fingerprint density at radius 2 is 2.10 bits per heavy atom. The van der Waals surface area contributed by atoms with Gasteiger partial charge in [0.25, 0.3) is 0 Å². The van der Waals surface area contributed by atoms with Crippen LogP contribution in [0.4, 0.5) is 0 Å². The predicted octanol–water partition coefficient (Wildman–Crippen LogP) is 3.44. The van der Waals surface area contributed by atoms with Gasteiger partial charge in [-0.05, 0) is 50.1 Å². The molecule has 0 unspecified atom stereocenters. The Morgan fingerprint density at radius 3 is 2.76 bits per heavy atom. The molecule has 0 aliphatic heterocycles. The van der Waals surface area contributed by atoms with E-state index in [1.165, 1.54) is 6.08 Å². The molecule has 0 aliphatic rings. The zero-order valence-corrected chi connectivity index (χ0v) is 12.8. The number of ether oxygens (including phenoxy) is 2.